The lowest BCUT2D eigenvalue weighted by Gasteiger charge is -2.26. The van der Waals surface area contributed by atoms with Gasteiger partial charge >= 0.3 is 6.18 Å². The van der Waals surface area contributed by atoms with Gasteiger partial charge in [-0.15, -0.1) is 0 Å². The first kappa shape index (κ1) is 25.7. The first-order chi connectivity index (χ1) is 18.4. The molecule has 0 spiro atoms. The second-order valence-electron chi connectivity index (χ2n) is 9.27. The maximum Gasteiger partial charge on any atom is 0.416 e. The zero-order valence-electron chi connectivity index (χ0n) is 20.8. The third-order valence-electron chi connectivity index (χ3n) is 6.39. The molecule has 0 aliphatic carbocycles. The monoisotopic (exact) mass is 522 g/mol. The second kappa shape index (κ2) is 11.6. The Labute approximate surface area is 219 Å². The number of piperidine rings is 1. The molecule has 10 heteroatoms. The summed E-state index contributed by atoms with van der Waals surface area (Å²) in [5.41, 5.74) is 0.960. The lowest BCUT2D eigenvalue weighted by Crippen LogP contribution is -2.31. The van der Waals surface area contributed by atoms with Crippen LogP contribution in [0.3, 0.4) is 0 Å². The van der Waals surface area contributed by atoms with Gasteiger partial charge in [0.1, 0.15) is 11.6 Å². The normalized spacial score (nSPS) is 14.4. The van der Waals surface area contributed by atoms with Gasteiger partial charge in [-0.2, -0.15) is 18.2 Å². The van der Waals surface area contributed by atoms with Crippen molar-refractivity contribution < 1.29 is 17.9 Å². The van der Waals surface area contributed by atoms with E-state index in [4.69, 9.17) is 4.74 Å². The number of nitrogens with zero attached hydrogens (tertiary/aromatic N) is 4. The summed E-state index contributed by atoms with van der Waals surface area (Å²) in [6.07, 6.45) is 3.64. The van der Waals surface area contributed by atoms with Gasteiger partial charge < -0.3 is 20.3 Å². The van der Waals surface area contributed by atoms with Gasteiger partial charge in [0.05, 0.1) is 29.6 Å². The Balaban J connectivity index is 1.15. The summed E-state index contributed by atoms with van der Waals surface area (Å²) in [6, 6.07) is 14.6. The van der Waals surface area contributed by atoms with Gasteiger partial charge in [0.2, 0.25) is 5.95 Å². The number of fused-ring (bicyclic) bond motifs is 1. The van der Waals surface area contributed by atoms with Gasteiger partial charge in [-0.05, 0) is 80.9 Å². The number of nitrogens with one attached hydrogen (secondary N) is 2. The number of benzene rings is 2. The maximum atomic E-state index is 13.0. The molecular weight excluding hydrogens is 493 g/mol. The van der Waals surface area contributed by atoms with Gasteiger partial charge in [0, 0.05) is 23.8 Å². The minimum absolute atomic E-state index is 0.268. The van der Waals surface area contributed by atoms with Crippen LogP contribution < -0.4 is 15.4 Å². The highest BCUT2D eigenvalue weighted by Gasteiger charge is 2.30. The molecule has 5 rings (SSSR count). The van der Waals surface area contributed by atoms with Crippen LogP contribution in [0.15, 0.2) is 67.0 Å². The average Bonchev–Trinajstić information content (AvgIpc) is 2.92. The van der Waals surface area contributed by atoms with Crippen molar-refractivity contribution >= 4 is 34.0 Å². The van der Waals surface area contributed by atoms with E-state index in [-0.39, 0.29) is 5.52 Å². The Hall–Kier alpha value is -3.92. The number of pyridine rings is 1. The molecule has 38 heavy (non-hydrogen) atoms. The van der Waals surface area contributed by atoms with Crippen LogP contribution >= 0.6 is 0 Å². The first-order valence-corrected chi connectivity index (χ1v) is 12.7. The molecule has 0 amide bonds. The molecule has 1 saturated heterocycles. The van der Waals surface area contributed by atoms with E-state index in [1.165, 1.54) is 44.6 Å². The third-order valence-corrected chi connectivity index (χ3v) is 6.39. The number of likely N-dealkylation sites (tertiary alicyclic amines) is 1. The predicted octanol–water partition coefficient (Wildman–Crippen LogP) is 6.79. The molecule has 1 aliphatic heterocycles. The lowest BCUT2D eigenvalue weighted by atomic mass is 10.1. The van der Waals surface area contributed by atoms with E-state index in [2.05, 4.69) is 30.5 Å². The smallest absolute Gasteiger partial charge is 0.416 e. The number of anilines is 4. The van der Waals surface area contributed by atoms with Crippen molar-refractivity contribution in [2.75, 3.05) is 36.9 Å². The molecule has 1 fully saturated rings. The molecule has 2 aromatic carbocycles. The topological polar surface area (TPSA) is 75.2 Å². The number of alkyl halides is 3. The molecule has 7 nitrogen and oxygen atoms in total. The Morgan fingerprint density at radius 2 is 1.68 bits per heavy atom. The molecule has 2 aromatic heterocycles. The van der Waals surface area contributed by atoms with E-state index in [9.17, 15) is 13.2 Å². The van der Waals surface area contributed by atoms with E-state index in [1.54, 1.807) is 18.3 Å². The van der Waals surface area contributed by atoms with E-state index in [0.717, 1.165) is 36.5 Å². The van der Waals surface area contributed by atoms with Crippen LogP contribution in [0.25, 0.3) is 10.9 Å². The Morgan fingerprint density at radius 1 is 0.868 bits per heavy atom. The standard InChI is InChI=1S/C28H29F3N6O/c29-28(30,31)21-6-5-20-17-23(19-33-25(20)18-21)34-26-11-12-32-27(36-26)35-22-7-9-24(10-8-22)38-16-4-15-37-13-2-1-3-14-37/h5-12,17-19H,1-4,13-16H2,(H2,32,34,35,36). The van der Waals surface area contributed by atoms with Gasteiger partial charge in [0.15, 0.2) is 0 Å². The van der Waals surface area contributed by atoms with Gasteiger partial charge in [0.25, 0.3) is 0 Å². The Kier molecular flexibility index (Phi) is 7.88. The van der Waals surface area contributed by atoms with Crippen LogP contribution in [-0.4, -0.2) is 46.1 Å². The fourth-order valence-corrected chi connectivity index (χ4v) is 4.43. The van der Waals surface area contributed by atoms with Crippen molar-refractivity contribution in [3.05, 3.63) is 72.6 Å². The minimum atomic E-state index is -4.41. The predicted molar refractivity (Wildman–Crippen MR) is 142 cm³/mol. The average molecular weight is 523 g/mol. The summed E-state index contributed by atoms with van der Waals surface area (Å²) in [4.78, 5) is 15.4. The van der Waals surface area contributed by atoms with Crippen LogP contribution in [0, 0.1) is 0 Å². The SMILES string of the molecule is FC(F)(F)c1ccc2cc(Nc3ccnc(Nc4ccc(OCCCN5CCCCC5)cc4)n3)cnc2c1. The maximum absolute atomic E-state index is 13.0. The zero-order chi connectivity index (χ0) is 26.4. The number of hydrogen-bond donors (Lipinski definition) is 2. The van der Waals surface area contributed by atoms with E-state index in [0.29, 0.717) is 29.4 Å². The molecular formula is C28H29F3N6O. The number of hydrogen-bond acceptors (Lipinski definition) is 7. The summed E-state index contributed by atoms with van der Waals surface area (Å²) in [6.45, 7) is 4.16. The van der Waals surface area contributed by atoms with Crippen molar-refractivity contribution in [3.8, 4) is 5.75 Å². The van der Waals surface area contributed by atoms with Crippen LogP contribution in [0.1, 0.15) is 31.2 Å². The number of aromatic nitrogens is 3. The number of ether oxygens (including phenoxy) is 1. The highest BCUT2D eigenvalue weighted by molar-refractivity contribution is 5.83. The summed E-state index contributed by atoms with van der Waals surface area (Å²) < 4.78 is 44.7. The minimum Gasteiger partial charge on any atom is -0.494 e. The van der Waals surface area contributed by atoms with Crippen molar-refractivity contribution in [1.82, 2.24) is 19.9 Å². The number of halogens is 3. The Bertz CT molecular complexity index is 1360. The highest BCUT2D eigenvalue weighted by atomic mass is 19.4. The fourth-order valence-electron chi connectivity index (χ4n) is 4.43. The van der Waals surface area contributed by atoms with Crippen molar-refractivity contribution in [3.63, 3.8) is 0 Å². The molecule has 0 atom stereocenters. The molecule has 4 aromatic rings. The molecule has 0 saturated carbocycles. The molecule has 0 bridgehead atoms. The quantitative estimate of drug-likeness (QED) is 0.235. The summed E-state index contributed by atoms with van der Waals surface area (Å²) in [5, 5.41) is 6.89. The third kappa shape index (κ3) is 6.89. The molecule has 198 valence electrons. The van der Waals surface area contributed by atoms with Crippen molar-refractivity contribution in [2.45, 2.75) is 31.9 Å². The van der Waals surface area contributed by atoms with E-state index >= 15 is 0 Å². The van der Waals surface area contributed by atoms with Crippen LogP contribution in [0.2, 0.25) is 0 Å². The molecule has 2 N–H and O–H groups in total. The molecule has 0 radical (unpaired) electrons. The van der Waals surface area contributed by atoms with E-state index < -0.39 is 11.7 Å². The van der Waals surface area contributed by atoms with E-state index in [1.807, 2.05) is 24.3 Å². The lowest BCUT2D eigenvalue weighted by molar-refractivity contribution is -0.137. The van der Waals surface area contributed by atoms with Crippen molar-refractivity contribution in [1.29, 1.82) is 0 Å². The second-order valence-corrected chi connectivity index (χ2v) is 9.27. The summed E-state index contributed by atoms with van der Waals surface area (Å²) in [7, 11) is 0. The van der Waals surface area contributed by atoms with Crippen LogP contribution in [0.4, 0.5) is 36.3 Å². The summed E-state index contributed by atoms with van der Waals surface area (Å²) in [5.74, 6) is 1.73. The van der Waals surface area contributed by atoms with Crippen LogP contribution in [0.5, 0.6) is 5.75 Å². The number of rotatable bonds is 9. The molecule has 0 unspecified atom stereocenters. The Morgan fingerprint density at radius 3 is 2.47 bits per heavy atom. The first-order valence-electron chi connectivity index (χ1n) is 12.7. The summed E-state index contributed by atoms with van der Waals surface area (Å²) >= 11 is 0. The van der Waals surface area contributed by atoms with Gasteiger partial charge in [-0.1, -0.05) is 12.5 Å². The largest absolute Gasteiger partial charge is 0.494 e. The van der Waals surface area contributed by atoms with Crippen molar-refractivity contribution in [2.24, 2.45) is 0 Å². The molecule has 3 heterocycles. The van der Waals surface area contributed by atoms with Gasteiger partial charge in [-0.3, -0.25) is 4.98 Å². The van der Waals surface area contributed by atoms with Gasteiger partial charge in [-0.25, -0.2) is 4.98 Å². The highest BCUT2D eigenvalue weighted by Crippen LogP contribution is 2.31. The van der Waals surface area contributed by atoms with Crippen LogP contribution in [-0.2, 0) is 6.18 Å². The molecule has 1 aliphatic rings. The zero-order valence-corrected chi connectivity index (χ0v) is 20.8. The fraction of sp³-hybridized carbons (Fsp3) is 0.321.